The van der Waals surface area contributed by atoms with Gasteiger partial charge in [0.1, 0.15) is 29.3 Å². The van der Waals surface area contributed by atoms with Gasteiger partial charge in [0.15, 0.2) is 0 Å². The van der Waals surface area contributed by atoms with Crippen molar-refractivity contribution in [2.45, 2.75) is 114 Å². The van der Waals surface area contributed by atoms with Crippen molar-refractivity contribution in [3.05, 3.63) is 72.1 Å². The van der Waals surface area contributed by atoms with E-state index in [2.05, 4.69) is 42.7 Å². The highest BCUT2D eigenvalue weighted by Gasteiger charge is 2.33. The van der Waals surface area contributed by atoms with Crippen molar-refractivity contribution in [3.63, 3.8) is 0 Å². The van der Waals surface area contributed by atoms with Gasteiger partial charge >= 0.3 is 6.09 Å². The molecule has 0 spiro atoms. The van der Waals surface area contributed by atoms with Crippen LogP contribution in [0.4, 0.5) is 25.1 Å². The number of anilines is 2. The Morgan fingerprint density at radius 1 is 0.983 bits per heavy atom. The number of pyridine rings is 1. The molecule has 1 aromatic carbocycles. The number of hydrogen-bond acceptors (Lipinski definition) is 10. The molecule has 322 valence electrons. The zero-order valence-electron chi connectivity index (χ0n) is 34.1. The highest BCUT2D eigenvalue weighted by molar-refractivity contribution is 6.01. The standard InChI is InChI=1S/C44H57F2N9O5/c1-27(37-4-2-5-40(52-37)55-20-3-23-60-44(55)59)36(46)25-49-39(47)26-48-30-8-6-29(7-9-30)42(57)51-31-10-13-33(14-11-31)54-21-18-28(19-22-54)34-15-12-32(24-35(34)45)50-38-16-17-41(56)53-43(38)58/h2,4-5,12,15,24-25,28-31,33,38,48,50H,1,3,6-11,13-14,16-23,26H2,(H2,47,49)(H,51,57)(H,53,56,58)/b36-25+. The molecule has 6 N–H and O–H groups in total. The largest absolute Gasteiger partial charge is 0.449 e. The Labute approximate surface area is 349 Å². The van der Waals surface area contributed by atoms with Gasteiger partial charge in [-0.2, -0.15) is 0 Å². The second-order valence-electron chi connectivity index (χ2n) is 16.7. The first-order chi connectivity index (χ1) is 29.0. The Kier molecular flexibility index (Phi) is 14.2. The van der Waals surface area contributed by atoms with Crippen LogP contribution in [0.1, 0.15) is 101 Å². The molecule has 1 aromatic heterocycles. The second kappa shape index (κ2) is 19.9. The van der Waals surface area contributed by atoms with Gasteiger partial charge in [-0.1, -0.05) is 18.7 Å². The van der Waals surface area contributed by atoms with Gasteiger partial charge in [0.05, 0.1) is 25.0 Å². The smallest absolute Gasteiger partial charge is 0.415 e. The second-order valence-corrected chi connectivity index (χ2v) is 16.7. The van der Waals surface area contributed by atoms with Crippen LogP contribution in [-0.4, -0.2) is 96.5 Å². The summed E-state index contributed by atoms with van der Waals surface area (Å²) >= 11 is 0. The summed E-state index contributed by atoms with van der Waals surface area (Å²) in [6.45, 7) is 6.74. The van der Waals surface area contributed by atoms with Gasteiger partial charge in [0, 0.05) is 48.3 Å². The van der Waals surface area contributed by atoms with Crippen molar-refractivity contribution in [1.29, 1.82) is 0 Å². The number of benzene rings is 1. The number of allylic oxidation sites excluding steroid dienone is 2. The minimum atomic E-state index is -0.689. The van der Waals surface area contributed by atoms with Gasteiger partial charge in [0.25, 0.3) is 0 Å². The number of halogens is 2. The van der Waals surface area contributed by atoms with E-state index in [0.717, 1.165) is 83.5 Å². The van der Waals surface area contributed by atoms with E-state index in [0.29, 0.717) is 49.1 Å². The third-order valence-electron chi connectivity index (χ3n) is 12.7. The predicted molar refractivity (Wildman–Crippen MR) is 225 cm³/mol. The van der Waals surface area contributed by atoms with E-state index in [1.807, 2.05) is 12.1 Å². The Balaban J connectivity index is 0.776. The van der Waals surface area contributed by atoms with Crippen LogP contribution >= 0.6 is 0 Å². The summed E-state index contributed by atoms with van der Waals surface area (Å²) in [4.78, 5) is 61.3. The number of cyclic esters (lactones) is 1. The molecule has 2 saturated carbocycles. The molecule has 4 amide bonds. The summed E-state index contributed by atoms with van der Waals surface area (Å²) in [7, 11) is 0. The van der Waals surface area contributed by atoms with Crippen molar-refractivity contribution in [1.82, 2.24) is 25.8 Å². The summed E-state index contributed by atoms with van der Waals surface area (Å²) < 4.78 is 35.3. The van der Waals surface area contributed by atoms with Crippen molar-refractivity contribution >= 4 is 46.7 Å². The molecule has 5 fully saturated rings. The number of imide groups is 1. The maximum absolute atomic E-state index is 15.2. The van der Waals surface area contributed by atoms with E-state index in [-0.39, 0.29) is 77.5 Å². The van der Waals surface area contributed by atoms with Crippen LogP contribution in [0.25, 0.3) is 5.57 Å². The molecule has 3 saturated heterocycles. The van der Waals surface area contributed by atoms with E-state index in [4.69, 9.17) is 10.5 Å². The molecule has 16 heteroatoms. The first-order valence-electron chi connectivity index (χ1n) is 21.5. The van der Waals surface area contributed by atoms with Crippen LogP contribution in [0.5, 0.6) is 0 Å². The Bertz CT molecular complexity index is 1970. The fourth-order valence-electron chi connectivity index (χ4n) is 9.16. The monoisotopic (exact) mass is 829 g/mol. The number of aromatic nitrogens is 1. The molecule has 5 aliphatic rings. The van der Waals surface area contributed by atoms with Gasteiger partial charge in [-0.15, -0.1) is 0 Å². The number of nitrogens with two attached hydrogens (primary N) is 1. The molecule has 0 radical (unpaired) electrons. The number of amides is 4. The molecule has 3 aliphatic heterocycles. The quantitative estimate of drug-likeness (QED) is 0.0757. The molecule has 2 aromatic rings. The molecule has 4 heterocycles. The molecule has 2 aliphatic carbocycles. The maximum Gasteiger partial charge on any atom is 0.415 e. The van der Waals surface area contributed by atoms with Crippen LogP contribution in [-0.2, 0) is 19.1 Å². The summed E-state index contributed by atoms with van der Waals surface area (Å²) in [5, 5.41) is 12.1. The number of ether oxygens (including phenoxy) is 1. The van der Waals surface area contributed by atoms with Crippen molar-refractivity contribution in [3.8, 4) is 0 Å². The topological polar surface area (TPSA) is 183 Å². The van der Waals surface area contributed by atoms with Crippen LogP contribution < -0.4 is 31.9 Å². The van der Waals surface area contributed by atoms with E-state index in [1.54, 1.807) is 18.2 Å². The molecular formula is C44H57F2N9O5. The lowest BCUT2D eigenvalue weighted by Gasteiger charge is -2.41. The minimum absolute atomic E-state index is 0.0238. The van der Waals surface area contributed by atoms with E-state index < -0.39 is 18.0 Å². The van der Waals surface area contributed by atoms with E-state index >= 15 is 4.39 Å². The number of likely N-dealkylation sites (tertiary alicyclic amines) is 1. The van der Waals surface area contributed by atoms with Gasteiger partial charge < -0.3 is 31.3 Å². The third kappa shape index (κ3) is 10.9. The number of aliphatic imine (C=N–C) groups is 1. The molecule has 7 rings (SSSR count). The number of carbonyl (C=O) groups excluding carboxylic acids is 4. The molecular weight excluding hydrogens is 773 g/mol. The Morgan fingerprint density at radius 3 is 2.45 bits per heavy atom. The highest BCUT2D eigenvalue weighted by atomic mass is 19.1. The summed E-state index contributed by atoms with van der Waals surface area (Å²) in [5.41, 5.74) is 7.64. The number of piperidine rings is 2. The number of nitrogens with zero attached hydrogens (tertiary/aromatic N) is 4. The van der Waals surface area contributed by atoms with E-state index in [9.17, 15) is 23.6 Å². The first kappa shape index (κ1) is 42.9. The number of rotatable bonds is 13. The van der Waals surface area contributed by atoms with Crippen LogP contribution in [0.2, 0.25) is 0 Å². The lowest BCUT2D eigenvalue weighted by Crippen LogP contribution is -2.48. The predicted octanol–water partition coefficient (Wildman–Crippen LogP) is 5.42. The third-order valence-corrected chi connectivity index (χ3v) is 12.7. The molecule has 0 bridgehead atoms. The van der Waals surface area contributed by atoms with Crippen molar-refractivity contribution < 1.29 is 32.7 Å². The first-order valence-corrected chi connectivity index (χ1v) is 21.5. The minimum Gasteiger partial charge on any atom is -0.449 e. The highest BCUT2D eigenvalue weighted by Crippen LogP contribution is 2.35. The molecule has 1 unspecified atom stereocenters. The Hall–Kier alpha value is -5.22. The number of amidine groups is 1. The molecule has 1 atom stereocenters. The average molecular weight is 830 g/mol. The number of hydrogen-bond donors (Lipinski definition) is 5. The average Bonchev–Trinajstić information content (AvgIpc) is 3.26. The fourth-order valence-corrected chi connectivity index (χ4v) is 9.16. The number of nitrogens with one attached hydrogen (secondary N) is 4. The van der Waals surface area contributed by atoms with Gasteiger partial charge in [-0.3, -0.25) is 24.6 Å². The van der Waals surface area contributed by atoms with Crippen LogP contribution in [0, 0.1) is 11.7 Å². The number of carbonyl (C=O) groups is 4. The van der Waals surface area contributed by atoms with Crippen LogP contribution in [0.15, 0.2) is 60.0 Å². The molecule has 60 heavy (non-hydrogen) atoms. The Morgan fingerprint density at radius 2 is 1.73 bits per heavy atom. The summed E-state index contributed by atoms with van der Waals surface area (Å²) in [6, 6.07) is 10.3. The van der Waals surface area contributed by atoms with Gasteiger partial charge in [-0.05, 0) is 126 Å². The van der Waals surface area contributed by atoms with E-state index in [1.165, 1.54) is 11.0 Å². The SMILES string of the molecule is C=C(/C(F)=C\N=C(N)CNC1CCC(C(=O)NC2CCC(N3CCC(c4ccc(NC5CCC(=O)NC5=O)cc4F)CC3)CC2)CC1)c1cccc(N2CCCOC2=O)n1. The summed E-state index contributed by atoms with van der Waals surface area (Å²) in [5.74, 6) is -0.785. The molecule has 14 nitrogen and oxygen atoms in total. The van der Waals surface area contributed by atoms with Gasteiger partial charge in [0.2, 0.25) is 17.7 Å². The normalized spacial score (nSPS) is 26.3. The van der Waals surface area contributed by atoms with Crippen molar-refractivity contribution in [2.24, 2.45) is 16.6 Å². The van der Waals surface area contributed by atoms with Gasteiger partial charge in [-0.25, -0.2) is 23.6 Å². The zero-order chi connectivity index (χ0) is 42.2. The lowest BCUT2D eigenvalue weighted by molar-refractivity contribution is -0.133. The van der Waals surface area contributed by atoms with Crippen molar-refractivity contribution in [2.75, 3.05) is 43.0 Å². The fraction of sp³-hybridized carbons (Fsp3) is 0.545. The maximum atomic E-state index is 15.2. The van der Waals surface area contributed by atoms with Crippen LogP contribution in [0.3, 0.4) is 0 Å². The lowest BCUT2D eigenvalue weighted by atomic mass is 9.83. The summed E-state index contributed by atoms with van der Waals surface area (Å²) in [6.07, 6.45) is 10.8. The zero-order valence-corrected chi connectivity index (χ0v) is 34.1.